The maximum Gasteiger partial charge on any atom is 0.415 e. The highest BCUT2D eigenvalue weighted by Gasteiger charge is 2.47. The molecule has 6 nitrogen and oxygen atoms in total. The number of nitrogens with zero attached hydrogens (tertiary/aromatic N) is 3. The van der Waals surface area contributed by atoms with E-state index >= 15 is 0 Å². The Bertz CT molecular complexity index is 466. The van der Waals surface area contributed by atoms with Crippen molar-refractivity contribution in [2.75, 3.05) is 13.7 Å². The molecule has 21 heavy (non-hydrogen) atoms. The van der Waals surface area contributed by atoms with E-state index in [1.807, 2.05) is 0 Å². The van der Waals surface area contributed by atoms with E-state index < -0.39 is 18.3 Å². The molecule has 0 bridgehead atoms. The first-order chi connectivity index (χ1) is 9.82. The van der Waals surface area contributed by atoms with E-state index in [2.05, 4.69) is 10.1 Å². The van der Waals surface area contributed by atoms with Gasteiger partial charge in [0.1, 0.15) is 6.10 Å². The summed E-state index contributed by atoms with van der Waals surface area (Å²) in [6.45, 7) is 2.28. The highest BCUT2D eigenvalue weighted by Crippen LogP contribution is 2.31. The van der Waals surface area contributed by atoms with Gasteiger partial charge in [0.15, 0.2) is 11.9 Å². The van der Waals surface area contributed by atoms with Crippen LogP contribution in [0.15, 0.2) is 4.52 Å². The van der Waals surface area contributed by atoms with Gasteiger partial charge >= 0.3 is 6.18 Å². The van der Waals surface area contributed by atoms with Gasteiger partial charge in [0.2, 0.25) is 5.89 Å². The molecule has 1 aromatic rings. The van der Waals surface area contributed by atoms with Crippen molar-refractivity contribution in [1.82, 2.24) is 15.0 Å². The molecule has 1 N–H and O–H groups in total. The van der Waals surface area contributed by atoms with Crippen LogP contribution in [0.4, 0.5) is 13.2 Å². The maximum absolute atomic E-state index is 12.6. The Hall–Kier alpha value is -1.19. The molecule has 0 aliphatic carbocycles. The highest BCUT2D eigenvalue weighted by molar-refractivity contribution is 4.94. The number of methoxy groups -OCH3 is 1. The van der Waals surface area contributed by atoms with Crippen LogP contribution in [0, 0.1) is 0 Å². The lowest BCUT2D eigenvalue weighted by atomic mass is 10.1. The van der Waals surface area contributed by atoms with Crippen LogP contribution in [-0.2, 0) is 11.3 Å². The van der Waals surface area contributed by atoms with E-state index in [1.54, 1.807) is 6.92 Å². The molecular weight excluding hydrogens is 291 g/mol. The Kier molecular flexibility index (Phi) is 4.84. The third-order valence-corrected chi connectivity index (χ3v) is 3.65. The number of rotatable bonds is 5. The molecule has 1 saturated heterocycles. The van der Waals surface area contributed by atoms with Gasteiger partial charge in [-0.2, -0.15) is 18.2 Å². The van der Waals surface area contributed by atoms with Gasteiger partial charge in [0.05, 0.1) is 6.54 Å². The lowest BCUT2D eigenvalue weighted by Gasteiger charge is -2.28. The van der Waals surface area contributed by atoms with Crippen molar-refractivity contribution in [3.05, 3.63) is 11.7 Å². The summed E-state index contributed by atoms with van der Waals surface area (Å²) in [5.41, 5.74) is 0. The number of aromatic nitrogens is 2. The SMILES string of the molecule is CO[C@H](C)c1noc(CN2CCC[C@H]2[C@H](O)C(F)(F)F)n1. The summed E-state index contributed by atoms with van der Waals surface area (Å²) >= 11 is 0. The van der Waals surface area contributed by atoms with Gasteiger partial charge in [0, 0.05) is 13.2 Å². The first-order valence-electron chi connectivity index (χ1n) is 6.67. The Morgan fingerprint density at radius 2 is 2.24 bits per heavy atom. The molecule has 3 atom stereocenters. The number of hydrogen-bond donors (Lipinski definition) is 1. The van der Waals surface area contributed by atoms with E-state index in [1.165, 1.54) is 12.0 Å². The highest BCUT2D eigenvalue weighted by atomic mass is 19.4. The van der Waals surface area contributed by atoms with Crippen LogP contribution in [0.5, 0.6) is 0 Å². The molecule has 1 aliphatic rings. The Labute approximate surface area is 119 Å². The Balaban J connectivity index is 2.03. The molecule has 0 radical (unpaired) electrons. The second-order valence-electron chi connectivity index (χ2n) is 5.09. The monoisotopic (exact) mass is 309 g/mol. The molecule has 0 spiro atoms. The Morgan fingerprint density at radius 3 is 2.86 bits per heavy atom. The number of ether oxygens (including phenoxy) is 1. The van der Waals surface area contributed by atoms with Gasteiger partial charge in [-0.25, -0.2) is 0 Å². The second kappa shape index (κ2) is 6.29. The predicted octanol–water partition coefficient (Wildman–Crippen LogP) is 1.66. The van der Waals surface area contributed by atoms with Crippen molar-refractivity contribution >= 4 is 0 Å². The minimum absolute atomic E-state index is 0.0846. The molecule has 9 heteroatoms. The van der Waals surface area contributed by atoms with Gasteiger partial charge < -0.3 is 14.4 Å². The van der Waals surface area contributed by atoms with Crippen molar-refractivity contribution in [2.24, 2.45) is 0 Å². The van der Waals surface area contributed by atoms with Crippen LogP contribution < -0.4 is 0 Å². The summed E-state index contributed by atoms with van der Waals surface area (Å²) in [5.74, 6) is 0.565. The zero-order valence-electron chi connectivity index (χ0n) is 11.8. The zero-order valence-corrected chi connectivity index (χ0v) is 11.8. The lowest BCUT2D eigenvalue weighted by Crippen LogP contribution is -2.46. The standard InChI is InChI=1S/C12H18F3N3O3/c1-7(20-2)11-16-9(21-17-11)6-18-5-3-4-8(18)10(19)12(13,14)15/h7-8,10,19H,3-6H2,1-2H3/t7-,8+,10+/m1/s1. The van der Waals surface area contributed by atoms with Gasteiger partial charge in [-0.3, -0.25) is 4.90 Å². The molecule has 2 rings (SSSR count). The van der Waals surface area contributed by atoms with E-state index in [4.69, 9.17) is 9.26 Å². The molecule has 0 amide bonds. The second-order valence-corrected chi connectivity index (χ2v) is 5.09. The summed E-state index contributed by atoms with van der Waals surface area (Å²) in [4.78, 5) is 5.61. The molecule has 0 aromatic carbocycles. The van der Waals surface area contributed by atoms with Gasteiger partial charge in [-0.05, 0) is 26.3 Å². The van der Waals surface area contributed by atoms with Gasteiger partial charge in [-0.1, -0.05) is 5.16 Å². The average molecular weight is 309 g/mol. The van der Waals surface area contributed by atoms with Crippen LogP contribution in [0.3, 0.4) is 0 Å². The van der Waals surface area contributed by atoms with Crippen LogP contribution in [0.2, 0.25) is 0 Å². The number of hydrogen-bond acceptors (Lipinski definition) is 6. The first kappa shape index (κ1) is 16.2. The fourth-order valence-corrected chi connectivity index (χ4v) is 2.40. The Morgan fingerprint density at radius 1 is 1.52 bits per heavy atom. The normalized spacial score (nSPS) is 23.4. The number of aliphatic hydroxyl groups is 1. The maximum atomic E-state index is 12.6. The van der Waals surface area contributed by atoms with Crippen molar-refractivity contribution in [1.29, 1.82) is 0 Å². The summed E-state index contributed by atoms with van der Waals surface area (Å²) in [6.07, 6.45) is -6.46. The summed E-state index contributed by atoms with van der Waals surface area (Å²) in [5, 5.41) is 13.1. The molecule has 120 valence electrons. The minimum atomic E-state index is -4.63. The minimum Gasteiger partial charge on any atom is -0.382 e. The van der Waals surface area contributed by atoms with Crippen LogP contribution in [-0.4, -0.2) is 52.1 Å². The average Bonchev–Trinajstić information content (AvgIpc) is 3.05. The van der Waals surface area contributed by atoms with Crippen molar-refractivity contribution in [3.63, 3.8) is 0 Å². The van der Waals surface area contributed by atoms with Crippen LogP contribution in [0.25, 0.3) is 0 Å². The van der Waals surface area contributed by atoms with Crippen molar-refractivity contribution in [2.45, 2.75) is 50.7 Å². The fourth-order valence-electron chi connectivity index (χ4n) is 2.40. The molecular formula is C12H18F3N3O3. The largest absolute Gasteiger partial charge is 0.415 e. The predicted molar refractivity (Wildman–Crippen MR) is 65.2 cm³/mol. The van der Waals surface area contributed by atoms with E-state index in [-0.39, 0.29) is 25.0 Å². The molecule has 0 unspecified atom stereocenters. The third kappa shape index (κ3) is 3.72. The number of halogens is 3. The van der Waals surface area contributed by atoms with Crippen molar-refractivity contribution in [3.8, 4) is 0 Å². The molecule has 1 aliphatic heterocycles. The smallest absolute Gasteiger partial charge is 0.382 e. The number of likely N-dealkylation sites (tertiary alicyclic amines) is 1. The topological polar surface area (TPSA) is 71.6 Å². The molecule has 2 heterocycles. The van der Waals surface area contributed by atoms with Gasteiger partial charge in [0.25, 0.3) is 0 Å². The van der Waals surface area contributed by atoms with Crippen LogP contribution in [0.1, 0.15) is 37.6 Å². The zero-order chi connectivity index (χ0) is 15.6. The first-order valence-corrected chi connectivity index (χ1v) is 6.67. The molecule has 0 saturated carbocycles. The fraction of sp³-hybridized carbons (Fsp3) is 0.833. The third-order valence-electron chi connectivity index (χ3n) is 3.65. The van der Waals surface area contributed by atoms with Crippen molar-refractivity contribution < 1.29 is 27.5 Å². The molecule has 1 aromatic heterocycles. The summed E-state index contributed by atoms with van der Waals surface area (Å²) in [6, 6.07) is -0.972. The number of aliphatic hydroxyl groups excluding tert-OH is 1. The lowest BCUT2D eigenvalue weighted by molar-refractivity contribution is -0.219. The van der Waals surface area contributed by atoms with Crippen LogP contribution >= 0.6 is 0 Å². The van der Waals surface area contributed by atoms with E-state index in [0.29, 0.717) is 18.8 Å². The summed E-state index contributed by atoms with van der Waals surface area (Å²) < 4.78 is 47.9. The van der Waals surface area contributed by atoms with E-state index in [0.717, 1.165) is 0 Å². The number of alkyl halides is 3. The quantitative estimate of drug-likeness (QED) is 0.892. The molecule has 1 fully saturated rings. The summed E-state index contributed by atoms with van der Waals surface area (Å²) in [7, 11) is 1.50. The van der Waals surface area contributed by atoms with E-state index in [9.17, 15) is 18.3 Å². The van der Waals surface area contributed by atoms with Gasteiger partial charge in [-0.15, -0.1) is 0 Å².